The minimum atomic E-state index is -0.250. The van der Waals surface area contributed by atoms with Crippen molar-refractivity contribution in [2.45, 2.75) is 6.54 Å². The summed E-state index contributed by atoms with van der Waals surface area (Å²) in [5, 5.41) is 6.76. The largest absolute Gasteiger partial charge is 0.359 e. The molecule has 2 N–H and O–H groups in total. The molecule has 0 saturated carbocycles. The van der Waals surface area contributed by atoms with Gasteiger partial charge in [0.2, 0.25) is 0 Å². The molecular formula is C16H13N3O2S. The highest BCUT2D eigenvalue weighted by Gasteiger charge is 2.10. The van der Waals surface area contributed by atoms with Crippen molar-refractivity contribution in [2.75, 3.05) is 0 Å². The maximum Gasteiger partial charge on any atom is 0.254 e. The Labute approximate surface area is 132 Å². The third-order valence-electron chi connectivity index (χ3n) is 3.11. The Morgan fingerprint density at radius 3 is 2.82 bits per heavy atom. The lowest BCUT2D eigenvalue weighted by Crippen LogP contribution is -2.23. The van der Waals surface area contributed by atoms with Gasteiger partial charge in [0.25, 0.3) is 5.91 Å². The van der Waals surface area contributed by atoms with Gasteiger partial charge in [0, 0.05) is 17.8 Å². The summed E-state index contributed by atoms with van der Waals surface area (Å²) in [5.74, 6) is 0.331. The lowest BCUT2D eigenvalue weighted by atomic mass is 10.1. The van der Waals surface area contributed by atoms with E-state index in [0.29, 0.717) is 16.0 Å². The van der Waals surface area contributed by atoms with Gasteiger partial charge in [-0.2, -0.15) is 0 Å². The van der Waals surface area contributed by atoms with E-state index in [1.165, 1.54) is 0 Å². The number of aromatic amines is 1. The summed E-state index contributed by atoms with van der Waals surface area (Å²) in [6, 6.07) is 14.9. The highest BCUT2D eigenvalue weighted by molar-refractivity contribution is 7.71. The van der Waals surface area contributed by atoms with Gasteiger partial charge in [-0.3, -0.25) is 4.79 Å². The summed E-state index contributed by atoms with van der Waals surface area (Å²) in [6.07, 6.45) is 1.68. The van der Waals surface area contributed by atoms with Crippen LogP contribution in [0.15, 0.2) is 59.3 Å². The first kappa shape index (κ1) is 14.2. The number of hydrogen-bond donors (Lipinski definition) is 2. The van der Waals surface area contributed by atoms with Gasteiger partial charge in [0.05, 0.1) is 12.1 Å². The van der Waals surface area contributed by atoms with E-state index in [4.69, 9.17) is 16.7 Å². The fraction of sp³-hybridized carbons (Fsp3) is 0.0625. The number of carbonyl (C=O) groups excluding carboxylic acids is 1. The lowest BCUT2D eigenvalue weighted by molar-refractivity contribution is 0.0946. The molecule has 0 bridgehead atoms. The first-order valence-corrected chi connectivity index (χ1v) is 7.12. The van der Waals surface area contributed by atoms with Crippen LogP contribution in [-0.4, -0.2) is 16.0 Å². The molecule has 0 radical (unpaired) electrons. The molecule has 0 atom stereocenters. The van der Waals surface area contributed by atoms with Crippen LogP contribution in [0.1, 0.15) is 16.1 Å². The zero-order valence-electron chi connectivity index (χ0n) is 11.6. The van der Waals surface area contributed by atoms with E-state index < -0.39 is 0 Å². The van der Waals surface area contributed by atoms with Crippen molar-refractivity contribution in [1.82, 2.24) is 15.5 Å². The predicted octanol–water partition coefficient (Wildman–Crippen LogP) is 3.33. The van der Waals surface area contributed by atoms with E-state index in [1.807, 2.05) is 30.3 Å². The summed E-state index contributed by atoms with van der Waals surface area (Å²) >= 11 is 5.07. The standard InChI is InChI=1S/C16H13N3O2S/c20-15(13-7-4-8-17-16(13)22)18-10-12-9-14(19-21-12)11-5-2-1-3-6-11/h1-9H,10H2,(H,17,22)(H,18,20). The van der Waals surface area contributed by atoms with Crippen LogP contribution in [0.25, 0.3) is 11.3 Å². The molecule has 0 spiro atoms. The third-order valence-corrected chi connectivity index (χ3v) is 3.45. The first-order valence-electron chi connectivity index (χ1n) is 6.71. The van der Waals surface area contributed by atoms with Crippen LogP contribution in [0.2, 0.25) is 0 Å². The number of benzene rings is 1. The number of nitrogens with zero attached hydrogens (tertiary/aromatic N) is 1. The normalized spacial score (nSPS) is 10.4. The Balaban J connectivity index is 1.68. The van der Waals surface area contributed by atoms with Crippen LogP contribution in [0.3, 0.4) is 0 Å². The Morgan fingerprint density at radius 2 is 2.05 bits per heavy atom. The second kappa shape index (κ2) is 6.36. The van der Waals surface area contributed by atoms with Crippen LogP contribution in [0.5, 0.6) is 0 Å². The number of amides is 1. The van der Waals surface area contributed by atoms with Gasteiger partial charge in [0.15, 0.2) is 5.76 Å². The molecule has 3 rings (SSSR count). The zero-order chi connectivity index (χ0) is 15.4. The highest BCUT2D eigenvalue weighted by atomic mass is 32.1. The minimum Gasteiger partial charge on any atom is -0.359 e. The highest BCUT2D eigenvalue weighted by Crippen LogP contribution is 2.18. The van der Waals surface area contributed by atoms with Crippen LogP contribution >= 0.6 is 12.2 Å². The molecule has 2 heterocycles. The van der Waals surface area contributed by atoms with E-state index in [1.54, 1.807) is 24.4 Å². The molecule has 0 saturated heterocycles. The van der Waals surface area contributed by atoms with Gasteiger partial charge in [-0.1, -0.05) is 47.7 Å². The molecule has 110 valence electrons. The van der Waals surface area contributed by atoms with E-state index in [2.05, 4.69) is 15.5 Å². The van der Waals surface area contributed by atoms with Crippen molar-refractivity contribution in [1.29, 1.82) is 0 Å². The molecule has 6 heteroatoms. The quantitative estimate of drug-likeness (QED) is 0.725. The van der Waals surface area contributed by atoms with Crippen molar-refractivity contribution in [3.63, 3.8) is 0 Å². The minimum absolute atomic E-state index is 0.250. The first-order chi connectivity index (χ1) is 10.7. The Kier molecular flexibility index (Phi) is 4.11. The fourth-order valence-electron chi connectivity index (χ4n) is 2.00. The molecule has 0 fully saturated rings. The van der Waals surface area contributed by atoms with E-state index in [0.717, 1.165) is 11.3 Å². The number of aromatic nitrogens is 2. The molecule has 1 amide bonds. The van der Waals surface area contributed by atoms with E-state index >= 15 is 0 Å². The molecule has 22 heavy (non-hydrogen) atoms. The van der Waals surface area contributed by atoms with Gasteiger partial charge >= 0.3 is 0 Å². The number of nitrogens with one attached hydrogen (secondary N) is 2. The summed E-state index contributed by atoms with van der Waals surface area (Å²) in [5.41, 5.74) is 2.14. The second-order valence-electron chi connectivity index (χ2n) is 4.64. The second-order valence-corrected chi connectivity index (χ2v) is 5.05. The topological polar surface area (TPSA) is 70.9 Å². The number of rotatable bonds is 4. The van der Waals surface area contributed by atoms with Gasteiger partial charge in [-0.25, -0.2) is 0 Å². The van der Waals surface area contributed by atoms with Gasteiger partial charge in [-0.05, 0) is 12.1 Å². The molecule has 1 aromatic carbocycles. The average Bonchev–Trinajstić information content (AvgIpc) is 3.03. The van der Waals surface area contributed by atoms with Crippen molar-refractivity contribution in [3.8, 4) is 11.3 Å². The molecule has 0 aliphatic rings. The van der Waals surface area contributed by atoms with Crippen molar-refractivity contribution in [2.24, 2.45) is 0 Å². The van der Waals surface area contributed by atoms with Crippen LogP contribution in [-0.2, 0) is 6.54 Å². The zero-order valence-corrected chi connectivity index (χ0v) is 12.4. The molecule has 0 aliphatic heterocycles. The lowest BCUT2D eigenvalue weighted by Gasteiger charge is -2.02. The maximum atomic E-state index is 12.1. The number of carbonyl (C=O) groups is 1. The van der Waals surface area contributed by atoms with Gasteiger partial charge in [-0.15, -0.1) is 0 Å². The number of hydrogen-bond acceptors (Lipinski definition) is 4. The molecule has 3 aromatic rings. The Hall–Kier alpha value is -2.73. The van der Waals surface area contributed by atoms with E-state index in [9.17, 15) is 4.79 Å². The summed E-state index contributed by atoms with van der Waals surface area (Å²) < 4.78 is 5.64. The smallest absolute Gasteiger partial charge is 0.254 e. The molecular weight excluding hydrogens is 298 g/mol. The number of H-pyrrole nitrogens is 1. The van der Waals surface area contributed by atoms with Gasteiger partial charge in [0.1, 0.15) is 10.3 Å². The summed E-state index contributed by atoms with van der Waals surface area (Å²) in [4.78, 5) is 14.9. The van der Waals surface area contributed by atoms with Crippen LogP contribution in [0.4, 0.5) is 0 Å². The third kappa shape index (κ3) is 3.12. The maximum absolute atomic E-state index is 12.1. The van der Waals surface area contributed by atoms with Crippen molar-refractivity contribution >= 4 is 18.1 Å². The Morgan fingerprint density at radius 1 is 1.23 bits per heavy atom. The monoisotopic (exact) mass is 311 g/mol. The van der Waals surface area contributed by atoms with Crippen LogP contribution in [0, 0.1) is 4.64 Å². The molecule has 5 nitrogen and oxygen atoms in total. The number of pyridine rings is 1. The summed E-state index contributed by atoms with van der Waals surface area (Å²) in [7, 11) is 0. The molecule has 0 unspecified atom stereocenters. The van der Waals surface area contributed by atoms with Gasteiger partial charge < -0.3 is 14.8 Å². The Bertz CT molecular complexity index is 840. The summed E-state index contributed by atoms with van der Waals surface area (Å²) in [6.45, 7) is 0.252. The molecule has 2 aromatic heterocycles. The molecule has 0 aliphatic carbocycles. The van der Waals surface area contributed by atoms with E-state index in [-0.39, 0.29) is 12.5 Å². The SMILES string of the molecule is O=C(NCc1cc(-c2ccccc2)no1)c1ccc[nH]c1=S. The average molecular weight is 311 g/mol. The van der Waals surface area contributed by atoms with Crippen molar-refractivity contribution < 1.29 is 9.32 Å². The van der Waals surface area contributed by atoms with Crippen LogP contribution < -0.4 is 5.32 Å². The predicted molar refractivity (Wildman–Crippen MR) is 84.7 cm³/mol. The fourth-order valence-corrected chi connectivity index (χ4v) is 2.23. The van der Waals surface area contributed by atoms with Crippen molar-refractivity contribution in [3.05, 3.63) is 70.7 Å².